The topological polar surface area (TPSA) is 75.7 Å². The fourth-order valence-corrected chi connectivity index (χ4v) is 4.93. The largest absolute Gasteiger partial charge is 0.368 e. The summed E-state index contributed by atoms with van der Waals surface area (Å²) in [7, 11) is -3.43. The van der Waals surface area contributed by atoms with Crippen molar-refractivity contribution >= 4 is 21.6 Å². The second-order valence-corrected chi connectivity index (χ2v) is 8.70. The lowest BCUT2D eigenvalue weighted by atomic mass is 9.98. The normalized spacial score (nSPS) is 18.2. The molecule has 138 valence electrons. The molecule has 1 fully saturated rings. The lowest BCUT2D eigenvalue weighted by Gasteiger charge is -2.22. The molecule has 0 radical (unpaired) electrons. The van der Waals surface area contributed by atoms with Crippen molar-refractivity contribution in [3.63, 3.8) is 0 Å². The summed E-state index contributed by atoms with van der Waals surface area (Å²) < 4.78 is 32.1. The van der Waals surface area contributed by atoms with Gasteiger partial charge in [0.2, 0.25) is 15.9 Å². The molecular formula is C18H26N2O4S. The van der Waals surface area contributed by atoms with Crippen molar-refractivity contribution in [3.05, 3.63) is 29.8 Å². The van der Waals surface area contributed by atoms with Crippen LogP contribution in [0.25, 0.3) is 0 Å². The molecule has 1 aliphatic heterocycles. The summed E-state index contributed by atoms with van der Waals surface area (Å²) in [6, 6.07) is 7.55. The van der Waals surface area contributed by atoms with E-state index in [0.29, 0.717) is 6.54 Å². The number of hydrogen-bond donors (Lipinski definition) is 1. The molecule has 0 bridgehead atoms. The number of ether oxygens (including phenoxy) is 1. The number of nitrogens with zero attached hydrogens (tertiary/aromatic N) is 1. The minimum Gasteiger partial charge on any atom is -0.368 e. The monoisotopic (exact) mass is 366 g/mol. The summed E-state index contributed by atoms with van der Waals surface area (Å²) in [5, 5.41) is 2.66. The number of carbonyl (C=O) groups is 1. The Balaban J connectivity index is 1.43. The maximum atomic E-state index is 12.5. The Morgan fingerprint density at radius 1 is 1.20 bits per heavy atom. The summed E-state index contributed by atoms with van der Waals surface area (Å²) in [5.41, 5.74) is 1.81. The Bertz CT molecular complexity index is 699. The molecule has 1 saturated carbocycles. The average Bonchev–Trinajstić information content (AvgIpc) is 3.06. The van der Waals surface area contributed by atoms with Crippen LogP contribution in [0.2, 0.25) is 0 Å². The van der Waals surface area contributed by atoms with E-state index in [4.69, 9.17) is 4.74 Å². The highest BCUT2D eigenvalue weighted by Crippen LogP contribution is 2.29. The highest BCUT2D eigenvalue weighted by atomic mass is 32.2. The van der Waals surface area contributed by atoms with E-state index in [-0.39, 0.29) is 30.9 Å². The van der Waals surface area contributed by atoms with E-state index in [0.717, 1.165) is 43.4 Å². The zero-order chi connectivity index (χ0) is 17.7. The number of nitrogens with one attached hydrogen (secondary N) is 1. The van der Waals surface area contributed by atoms with Gasteiger partial charge in [-0.1, -0.05) is 37.5 Å². The molecule has 1 amide bonds. The van der Waals surface area contributed by atoms with Crippen molar-refractivity contribution in [1.82, 2.24) is 5.32 Å². The number of carbonyl (C=O) groups excluding carboxylic acids is 1. The van der Waals surface area contributed by atoms with E-state index >= 15 is 0 Å². The van der Waals surface area contributed by atoms with Crippen LogP contribution in [0.4, 0.5) is 5.69 Å². The van der Waals surface area contributed by atoms with Gasteiger partial charge in [-0.3, -0.25) is 9.10 Å². The third-order valence-corrected chi connectivity index (χ3v) is 6.64. The Morgan fingerprint density at radius 2 is 1.96 bits per heavy atom. The second-order valence-electron chi connectivity index (χ2n) is 6.69. The van der Waals surface area contributed by atoms with Gasteiger partial charge in [-0.2, -0.15) is 0 Å². The van der Waals surface area contributed by atoms with Crippen molar-refractivity contribution in [2.45, 2.75) is 44.6 Å². The summed E-state index contributed by atoms with van der Waals surface area (Å²) in [6.07, 6.45) is 6.47. The number of hydrogen-bond acceptors (Lipinski definition) is 4. The van der Waals surface area contributed by atoms with Crippen LogP contribution in [0.3, 0.4) is 0 Å². The molecule has 0 unspecified atom stereocenters. The molecular weight excluding hydrogens is 340 g/mol. The number of anilines is 1. The van der Waals surface area contributed by atoms with Gasteiger partial charge in [0, 0.05) is 13.1 Å². The minimum absolute atomic E-state index is 0.0112. The first-order chi connectivity index (χ1) is 12.1. The fraction of sp³-hybridized carbons (Fsp3) is 0.611. The maximum absolute atomic E-state index is 12.5. The van der Waals surface area contributed by atoms with Crippen molar-refractivity contribution in [1.29, 1.82) is 0 Å². The minimum atomic E-state index is -3.43. The van der Waals surface area contributed by atoms with Crippen molar-refractivity contribution in [2.75, 3.05) is 29.8 Å². The predicted molar refractivity (Wildman–Crippen MR) is 97.1 cm³/mol. The van der Waals surface area contributed by atoms with Gasteiger partial charge < -0.3 is 10.1 Å². The van der Waals surface area contributed by atoms with Crippen LogP contribution < -0.4 is 9.62 Å². The Labute approximate surface area is 149 Å². The first-order valence-electron chi connectivity index (χ1n) is 9.03. The van der Waals surface area contributed by atoms with E-state index < -0.39 is 10.0 Å². The maximum Gasteiger partial charge on any atom is 0.246 e. The molecule has 0 aromatic heterocycles. The van der Waals surface area contributed by atoms with Crippen molar-refractivity contribution in [3.8, 4) is 0 Å². The standard InChI is InChI=1S/C18H26N2O4S/c21-18(14-24-16-7-2-1-3-8-16)19-11-13-25(22,23)20-12-10-15-6-4-5-9-17(15)20/h4-6,9,16H,1-3,7-8,10-14H2,(H,19,21). The van der Waals surface area contributed by atoms with Crippen LogP contribution in [-0.2, 0) is 26.0 Å². The first kappa shape index (κ1) is 18.2. The highest BCUT2D eigenvalue weighted by Gasteiger charge is 2.28. The lowest BCUT2D eigenvalue weighted by Crippen LogP contribution is -2.38. The van der Waals surface area contributed by atoms with E-state index in [9.17, 15) is 13.2 Å². The van der Waals surface area contributed by atoms with Gasteiger partial charge in [-0.15, -0.1) is 0 Å². The SMILES string of the molecule is O=C(COC1CCCCC1)NCCS(=O)(=O)N1CCc2ccccc21. The fourth-order valence-electron chi connectivity index (χ4n) is 3.50. The van der Waals surface area contributed by atoms with Gasteiger partial charge in [0.1, 0.15) is 6.61 Å². The molecule has 6 nitrogen and oxygen atoms in total. The van der Waals surface area contributed by atoms with E-state index in [1.165, 1.54) is 10.7 Å². The molecule has 1 aromatic rings. The molecule has 1 N–H and O–H groups in total. The summed E-state index contributed by atoms with van der Waals surface area (Å²) in [4.78, 5) is 11.8. The first-order valence-corrected chi connectivity index (χ1v) is 10.6. The lowest BCUT2D eigenvalue weighted by molar-refractivity contribution is -0.128. The molecule has 2 aliphatic rings. The Hall–Kier alpha value is -1.60. The summed E-state index contributed by atoms with van der Waals surface area (Å²) in [6.45, 7) is 0.589. The number of para-hydroxylation sites is 1. The third kappa shape index (κ3) is 4.73. The molecule has 7 heteroatoms. The van der Waals surface area contributed by atoms with Crippen LogP contribution in [0.15, 0.2) is 24.3 Å². The molecule has 0 spiro atoms. The van der Waals surface area contributed by atoms with E-state index in [1.54, 1.807) is 0 Å². The van der Waals surface area contributed by atoms with Crippen molar-refractivity contribution in [2.24, 2.45) is 0 Å². The number of fused-ring (bicyclic) bond motifs is 1. The van der Waals surface area contributed by atoms with Crippen LogP contribution in [-0.4, -0.2) is 45.9 Å². The number of sulfonamides is 1. The molecule has 1 aliphatic carbocycles. The average molecular weight is 366 g/mol. The van der Waals surface area contributed by atoms with Gasteiger partial charge in [0.25, 0.3) is 0 Å². The quantitative estimate of drug-likeness (QED) is 0.799. The van der Waals surface area contributed by atoms with Gasteiger partial charge >= 0.3 is 0 Å². The van der Waals surface area contributed by atoms with E-state index in [2.05, 4.69) is 5.32 Å². The summed E-state index contributed by atoms with van der Waals surface area (Å²) >= 11 is 0. The molecule has 3 rings (SSSR count). The number of rotatable bonds is 7. The number of amides is 1. The highest BCUT2D eigenvalue weighted by molar-refractivity contribution is 7.92. The van der Waals surface area contributed by atoms with Crippen LogP contribution in [0.1, 0.15) is 37.7 Å². The van der Waals surface area contributed by atoms with Gasteiger partial charge in [-0.25, -0.2) is 8.42 Å². The smallest absolute Gasteiger partial charge is 0.246 e. The summed E-state index contributed by atoms with van der Waals surface area (Å²) in [5.74, 6) is -0.348. The predicted octanol–water partition coefficient (Wildman–Crippen LogP) is 1.84. The van der Waals surface area contributed by atoms with Gasteiger partial charge in [0.05, 0.1) is 17.5 Å². The van der Waals surface area contributed by atoms with Crippen LogP contribution >= 0.6 is 0 Å². The Kier molecular flexibility index (Phi) is 5.96. The molecule has 25 heavy (non-hydrogen) atoms. The van der Waals surface area contributed by atoms with Crippen LogP contribution in [0.5, 0.6) is 0 Å². The molecule has 1 heterocycles. The zero-order valence-electron chi connectivity index (χ0n) is 14.4. The molecule has 0 saturated heterocycles. The van der Waals surface area contributed by atoms with Gasteiger partial charge in [0.15, 0.2) is 0 Å². The van der Waals surface area contributed by atoms with E-state index in [1.807, 2.05) is 24.3 Å². The second kappa shape index (κ2) is 8.19. The molecule has 1 aromatic carbocycles. The zero-order valence-corrected chi connectivity index (χ0v) is 15.3. The third-order valence-electron chi connectivity index (χ3n) is 4.86. The van der Waals surface area contributed by atoms with Crippen molar-refractivity contribution < 1.29 is 17.9 Å². The van der Waals surface area contributed by atoms with Gasteiger partial charge in [-0.05, 0) is 30.9 Å². The van der Waals surface area contributed by atoms with Crippen LogP contribution in [0, 0.1) is 0 Å². The number of benzene rings is 1. The molecule has 0 atom stereocenters. The Morgan fingerprint density at radius 3 is 2.76 bits per heavy atom.